The minimum Gasteiger partial charge on any atom is -0.358 e. The quantitative estimate of drug-likeness (QED) is 0.559. The van der Waals surface area contributed by atoms with E-state index in [-0.39, 0.29) is 11.4 Å². The van der Waals surface area contributed by atoms with Crippen LogP contribution in [0.5, 0.6) is 0 Å². The zero-order valence-electron chi connectivity index (χ0n) is 6.81. The van der Waals surface area contributed by atoms with Crippen molar-refractivity contribution >= 4 is 5.91 Å². The number of nitrogens with one attached hydrogen (secondary N) is 2. The first-order valence-corrected chi connectivity index (χ1v) is 4.27. The molecule has 2 aliphatic heterocycles. The summed E-state index contributed by atoms with van der Waals surface area (Å²) >= 11 is 0. The summed E-state index contributed by atoms with van der Waals surface area (Å²) in [5.41, 5.74) is -0.181. The van der Waals surface area contributed by atoms with Gasteiger partial charge in [0, 0.05) is 13.1 Å². The van der Waals surface area contributed by atoms with Crippen molar-refractivity contribution in [3.63, 3.8) is 0 Å². The lowest BCUT2D eigenvalue weighted by atomic mass is 9.87. The summed E-state index contributed by atoms with van der Waals surface area (Å²) < 4.78 is 0. The van der Waals surface area contributed by atoms with Gasteiger partial charge in [0.1, 0.15) is 0 Å². The van der Waals surface area contributed by atoms with Gasteiger partial charge in [0.25, 0.3) is 0 Å². The van der Waals surface area contributed by atoms with E-state index >= 15 is 0 Å². The Morgan fingerprint density at radius 1 is 1.55 bits per heavy atom. The maximum Gasteiger partial charge on any atom is 0.240 e. The molecule has 3 nitrogen and oxygen atoms in total. The minimum absolute atomic E-state index is 0.178. The van der Waals surface area contributed by atoms with Crippen LogP contribution in [0.4, 0.5) is 0 Å². The molecule has 0 saturated carbocycles. The van der Waals surface area contributed by atoms with Crippen LogP contribution in [0, 0.1) is 0 Å². The molecule has 2 N–H and O–H groups in total. The second kappa shape index (κ2) is 2.21. The van der Waals surface area contributed by atoms with E-state index in [0.717, 1.165) is 12.8 Å². The molecule has 0 radical (unpaired) electrons. The van der Waals surface area contributed by atoms with E-state index in [0.29, 0.717) is 6.04 Å². The molecule has 2 rings (SSSR count). The molecule has 0 aromatic heterocycles. The van der Waals surface area contributed by atoms with Crippen molar-refractivity contribution in [2.24, 2.45) is 0 Å². The van der Waals surface area contributed by atoms with Crippen molar-refractivity contribution in [1.82, 2.24) is 10.6 Å². The molecule has 1 amide bonds. The molecule has 0 atom stereocenters. The maximum atomic E-state index is 11.4. The van der Waals surface area contributed by atoms with Crippen molar-refractivity contribution in [1.29, 1.82) is 0 Å². The number of fused-ring (bicyclic) bond motifs is 2. The molecule has 62 valence electrons. The highest BCUT2D eigenvalue weighted by Crippen LogP contribution is 2.37. The van der Waals surface area contributed by atoms with Gasteiger partial charge in [-0.3, -0.25) is 4.79 Å². The summed E-state index contributed by atoms with van der Waals surface area (Å²) in [5, 5.41) is 6.10. The third kappa shape index (κ3) is 0.872. The minimum atomic E-state index is -0.181. The Bertz CT molecular complexity index is 183. The predicted octanol–water partition coefficient (Wildman–Crippen LogP) is 0.0170. The van der Waals surface area contributed by atoms with Gasteiger partial charge < -0.3 is 10.6 Å². The summed E-state index contributed by atoms with van der Waals surface area (Å²) in [5.74, 6) is 0.178. The second-order valence-corrected chi connectivity index (χ2v) is 3.58. The Morgan fingerprint density at radius 2 is 2.18 bits per heavy atom. The molecule has 2 fully saturated rings. The normalized spacial score (nSPS) is 41.0. The summed E-state index contributed by atoms with van der Waals surface area (Å²) in [4.78, 5) is 11.4. The largest absolute Gasteiger partial charge is 0.358 e. The molecule has 0 aromatic carbocycles. The Labute approximate surface area is 66.5 Å². The van der Waals surface area contributed by atoms with Crippen LogP contribution in [-0.4, -0.2) is 24.5 Å². The Kier molecular flexibility index (Phi) is 1.42. The van der Waals surface area contributed by atoms with E-state index in [9.17, 15) is 4.79 Å². The van der Waals surface area contributed by atoms with Gasteiger partial charge in [0.05, 0.1) is 5.54 Å². The van der Waals surface area contributed by atoms with Gasteiger partial charge in [-0.1, -0.05) is 0 Å². The average molecular weight is 154 g/mol. The maximum absolute atomic E-state index is 11.4. The van der Waals surface area contributed by atoms with Gasteiger partial charge >= 0.3 is 0 Å². The number of hydrogen-bond acceptors (Lipinski definition) is 2. The van der Waals surface area contributed by atoms with Gasteiger partial charge in [-0.05, 0) is 25.7 Å². The zero-order valence-corrected chi connectivity index (χ0v) is 6.81. The zero-order chi connectivity index (χ0) is 7.90. The van der Waals surface area contributed by atoms with Crippen LogP contribution in [-0.2, 0) is 4.79 Å². The van der Waals surface area contributed by atoms with E-state index in [1.165, 1.54) is 12.8 Å². The number of likely N-dealkylation sites (N-methyl/N-ethyl adjacent to an activating group) is 1. The fraction of sp³-hybridized carbons (Fsp3) is 0.875. The first-order chi connectivity index (χ1) is 5.27. The van der Waals surface area contributed by atoms with E-state index in [2.05, 4.69) is 10.6 Å². The van der Waals surface area contributed by atoms with Crippen LogP contribution in [0.2, 0.25) is 0 Å². The first-order valence-electron chi connectivity index (χ1n) is 4.27. The highest BCUT2D eigenvalue weighted by molar-refractivity contribution is 5.87. The van der Waals surface area contributed by atoms with Crippen LogP contribution in [0.1, 0.15) is 25.7 Å². The molecule has 0 spiro atoms. The van der Waals surface area contributed by atoms with Crippen molar-refractivity contribution in [2.75, 3.05) is 7.05 Å². The topological polar surface area (TPSA) is 41.1 Å². The number of amides is 1. The Hall–Kier alpha value is -0.570. The fourth-order valence-electron chi connectivity index (χ4n) is 2.32. The molecule has 0 aliphatic carbocycles. The summed E-state index contributed by atoms with van der Waals surface area (Å²) in [6.45, 7) is 0. The molecular formula is C8H14N2O. The Morgan fingerprint density at radius 3 is 2.55 bits per heavy atom. The monoisotopic (exact) mass is 154 g/mol. The number of hydrogen-bond donors (Lipinski definition) is 2. The lowest BCUT2D eigenvalue weighted by molar-refractivity contribution is -0.126. The second-order valence-electron chi connectivity index (χ2n) is 3.58. The lowest BCUT2D eigenvalue weighted by Gasteiger charge is -2.23. The third-order valence-corrected chi connectivity index (χ3v) is 2.98. The number of carbonyl (C=O) groups excluding carboxylic acids is 1. The van der Waals surface area contributed by atoms with Crippen LogP contribution < -0.4 is 10.6 Å². The Balaban J connectivity index is 2.16. The fourth-order valence-corrected chi connectivity index (χ4v) is 2.32. The average Bonchev–Trinajstić information content (AvgIpc) is 2.62. The summed E-state index contributed by atoms with van der Waals surface area (Å²) in [6, 6.07) is 0.618. The third-order valence-electron chi connectivity index (χ3n) is 2.98. The molecule has 11 heavy (non-hydrogen) atoms. The predicted molar refractivity (Wildman–Crippen MR) is 42.2 cm³/mol. The van der Waals surface area contributed by atoms with Crippen molar-refractivity contribution in [3.05, 3.63) is 0 Å². The van der Waals surface area contributed by atoms with Crippen LogP contribution in [0.25, 0.3) is 0 Å². The van der Waals surface area contributed by atoms with Crippen LogP contribution >= 0.6 is 0 Å². The molecule has 2 bridgehead atoms. The highest BCUT2D eigenvalue weighted by atomic mass is 16.2. The molecule has 2 aliphatic rings. The molecule has 2 saturated heterocycles. The smallest absolute Gasteiger partial charge is 0.240 e. The molecular weight excluding hydrogens is 140 g/mol. The van der Waals surface area contributed by atoms with E-state index in [1.807, 2.05) is 0 Å². The molecule has 2 heterocycles. The van der Waals surface area contributed by atoms with Crippen molar-refractivity contribution < 1.29 is 4.79 Å². The van der Waals surface area contributed by atoms with Crippen LogP contribution in [0.3, 0.4) is 0 Å². The van der Waals surface area contributed by atoms with Gasteiger partial charge in [-0.2, -0.15) is 0 Å². The van der Waals surface area contributed by atoms with Gasteiger partial charge in [-0.15, -0.1) is 0 Å². The first kappa shape index (κ1) is 7.10. The number of rotatable bonds is 1. The highest BCUT2D eigenvalue weighted by Gasteiger charge is 2.49. The van der Waals surface area contributed by atoms with E-state index in [4.69, 9.17) is 0 Å². The molecule has 3 heteroatoms. The van der Waals surface area contributed by atoms with Crippen molar-refractivity contribution in [3.8, 4) is 0 Å². The number of carbonyl (C=O) groups is 1. The molecule has 0 unspecified atom stereocenters. The standard InChI is InChI=1S/C8H14N2O/c1-9-7(11)8-4-2-6(10-8)3-5-8/h6,10H,2-5H2,1H3,(H,9,11). The van der Waals surface area contributed by atoms with Gasteiger partial charge in [0.2, 0.25) is 5.91 Å². The van der Waals surface area contributed by atoms with Crippen molar-refractivity contribution in [2.45, 2.75) is 37.3 Å². The van der Waals surface area contributed by atoms with E-state index < -0.39 is 0 Å². The van der Waals surface area contributed by atoms with Crippen LogP contribution in [0.15, 0.2) is 0 Å². The van der Waals surface area contributed by atoms with Gasteiger partial charge in [-0.25, -0.2) is 0 Å². The summed E-state index contributed by atoms with van der Waals surface area (Å²) in [6.07, 6.45) is 4.40. The SMILES string of the molecule is CNC(=O)C12CCC(CC1)N2. The summed E-state index contributed by atoms with van der Waals surface area (Å²) in [7, 11) is 1.71. The van der Waals surface area contributed by atoms with E-state index in [1.54, 1.807) is 7.05 Å². The van der Waals surface area contributed by atoms with Gasteiger partial charge in [0.15, 0.2) is 0 Å². The molecule has 0 aromatic rings. The lowest BCUT2D eigenvalue weighted by Crippen LogP contribution is -2.50.